The van der Waals surface area contributed by atoms with Crippen LogP contribution in [0.4, 0.5) is 10.1 Å². The molecule has 1 fully saturated rings. The number of aliphatic hydroxyl groups is 1. The van der Waals surface area contributed by atoms with E-state index in [4.69, 9.17) is 9.47 Å². The number of aliphatic hydroxyl groups excluding tert-OH is 1. The molecule has 0 aromatic heterocycles. The zero-order valence-electron chi connectivity index (χ0n) is 20.0. The fraction of sp³-hybridized carbons (Fsp3) is 0.185. The average molecular weight is 506 g/mol. The third kappa shape index (κ3) is 4.99. The second-order valence-corrected chi connectivity index (χ2v) is 8.29. The summed E-state index contributed by atoms with van der Waals surface area (Å²) >= 11 is 0. The molecule has 0 aliphatic carbocycles. The van der Waals surface area contributed by atoms with Gasteiger partial charge >= 0.3 is 0 Å². The van der Waals surface area contributed by atoms with Crippen LogP contribution in [0.1, 0.15) is 22.7 Å². The summed E-state index contributed by atoms with van der Waals surface area (Å²) in [6, 6.07) is 14.5. The molecule has 0 saturated carbocycles. The predicted molar refractivity (Wildman–Crippen MR) is 132 cm³/mol. The molecule has 10 heteroatoms. The van der Waals surface area contributed by atoms with Gasteiger partial charge < -0.3 is 19.5 Å². The SMILES string of the molecule is COc1ccc(CCN2C(=O)C(=O)C(=C(O)c3ccc(F)cc3)[C@@H]2c2cccc([N+](=O)[O-])c2)cc1OC. The number of amides is 1. The summed E-state index contributed by atoms with van der Waals surface area (Å²) in [6.07, 6.45) is 0.315. The highest BCUT2D eigenvalue weighted by Crippen LogP contribution is 2.40. The van der Waals surface area contributed by atoms with Crippen molar-refractivity contribution in [2.75, 3.05) is 20.8 Å². The van der Waals surface area contributed by atoms with Crippen LogP contribution in [0.15, 0.2) is 72.3 Å². The first-order chi connectivity index (χ1) is 17.7. The fourth-order valence-corrected chi connectivity index (χ4v) is 4.31. The van der Waals surface area contributed by atoms with Crippen molar-refractivity contribution in [3.05, 3.63) is 105 Å². The van der Waals surface area contributed by atoms with E-state index in [9.17, 15) is 29.2 Å². The van der Waals surface area contributed by atoms with Gasteiger partial charge in [0.2, 0.25) is 0 Å². The standard InChI is InChI=1S/C27H23FN2O7/c1-36-21-11-6-16(14-22(21)37-2)12-13-29-24(18-4-3-5-20(15-18)30(34)35)23(26(32)27(29)33)25(31)17-7-9-19(28)10-8-17/h3-11,14-15,24,31H,12-13H2,1-2H3/t24-/m0/s1. The molecule has 190 valence electrons. The van der Waals surface area contributed by atoms with E-state index in [0.717, 1.165) is 17.7 Å². The van der Waals surface area contributed by atoms with Gasteiger partial charge in [-0.1, -0.05) is 18.2 Å². The Kier molecular flexibility index (Phi) is 7.19. The first kappa shape index (κ1) is 25.4. The summed E-state index contributed by atoms with van der Waals surface area (Å²) < 4.78 is 24.0. The molecule has 0 spiro atoms. The molecule has 4 rings (SSSR count). The van der Waals surface area contributed by atoms with Gasteiger partial charge in [0.15, 0.2) is 11.5 Å². The minimum atomic E-state index is -1.09. The second kappa shape index (κ2) is 10.5. The number of hydrogen-bond donors (Lipinski definition) is 1. The van der Waals surface area contributed by atoms with Gasteiger partial charge in [-0.2, -0.15) is 0 Å². The molecule has 0 unspecified atom stereocenters. The number of carbonyl (C=O) groups excluding carboxylic acids is 2. The van der Waals surface area contributed by atoms with Gasteiger partial charge in [0.05, 0.1) is 30.8 Å². The Labute approximate surface area is 211 Å². The molecule has 0 bridgehead atoms. The number of non-ortho nitro benzene ring substituents is 1. The lowest BCUT2D eigenvalue weighted by molar-refractivity contribution is -0.384. The molecule has 1 amide bonds. The molecule has 1 N–H and O–H groups in total. The summed E-state index contributed by atoms with van der Waals surface area (Å²) in [7, 11) is 3.01. The Hall–Kier alpha value is -4.73. The lowest BCUT2D eigenvalue weighted by Gasteiger charge is -2.25. The summed E-state index contributed by atoms with van der Waals surface area (Å²) in [5, 5.41) is 22.4. The molecule has 1 aliphatic rings. The van der Waals surface area contributed by atoms with Gasteiger partial charge in [0.1, 0.15) is 11.6 Å². The van der Waals surface area contributed by atoms with Crippen molar-refractivity contribution in [2.45, 2.75) is 12.5 Å². The van der Waals surface area contributed by atoms with Crippen molar-refractivity contribution in [1.29, 1.82) is 0 Å². The van der Waals surface area contributed by atoms with E-state index >= 15 is 0 Å². The lowest BCUT2D eigenvalue weighted by Crippen LogP contribution is -2.31. The maximum absolute atomic E-state index is 13.4. The number of likely N-dealkylation sites (tertiary alicyclic amines) is 1. The third-order valence-corrected chi connectivity index (χ3v) is 6.14. The number of nitro groups is 1. The van der Waals surface area contributed by atoms with Crippen molar-refractivity contribution in [1.82, 2.24) is 4.90 Å². The van der Waals surface area contributed by atoms with Crippen LogP contribution in [0.3, 0.4) is 0 Å². The number of ether oxygens (including phenoxy) is 2. The molecule has 0 radical (unpaired) electrons. The van der Waals surface area contributed by atoms with Gasteiger partial charge in [0.25, 0.3) is 17.4 Å². The zero-order chi connectivity index (χ0) is 26.7. The number of ketones is 1. The summed E-state index contributed by atoms with van der Waals surface area (Å²) in [4.78, 5) is 38.4. The number of rotatable bonds is 8. The molecule has 3 aromatic carbocycles. The highest BCUT2D eigenvalue weighted by molar-refractivity contribution is 6.46. The molecule has 1 atom stereocenters. The number of carbonyl (C=O) groups is 2. The Morgan fingerprint density at radius 1 is 1.03 bits per heavy atom. The normalized spacial score (nSPS) is 16.6. The molecule has 1 heterocycles. The number of hydrogen-bond acceptors (Lipinski definition) is 7. The van der Waals surface area contributed by atoms with Gasteiger partial charge in [-0.3, -0.25) is 19.7 Å². The maximum Gasteiger partial charge on any atom is 0.295 e. The van der Waals surface area contributed by atoms with Crippen molar-refractivity contribution < 1.29 is 33.5 Å². The van der Waals surface area contributed by atoms with Crippen molar-refractivity contribution in [2.24, 2.45) is 0 Å². The van der Waals surface area contributed by atoms with Gasteiger partial charge in [0, 0.05) is 24.2 Å². The third-order valence-electron chi connectivity index (χ3n) is 6.14. The van der Waals surface area contributed by atoms with E-state index in [1.807, 2.05) is 0 Å². The minimum Gasteiger partial charge on any atom is -0.507 e. The van der Waals surface area contributed by atoms with Gasteiger partial charge in [-0.05, 0) is 53.9 Å². The fourth-order valence-electron chi connectivity index (χ4n) is 4.31. The highest BCUT2D eigenvalue weighted by Gasteiger charge is 2.46. The molecule has 3 aromatic rings. The number of methoxy groups -OCH3 is 2. The molecular formula is C27H23FN2O7. The minimum absolute atomic E-state index is 0.0631. The summed E-state index contributed by atoms with van der Waals surface area (Å²) in [6.45, 7) is 0.0631. The van der Waals surface area contributed by atoms with Crippen LogP contribution >= 0.6 is 0 Å². The molecule has 9 nitrogen and oxygen atoms in total. The number of halogens is 1. The first-order valence-corrected chi connectivity index (χ1v) is 11.2. The second-order valence-electron chi connectivity index (χ2n) is 8.29. The van der Waals surface area contributed by atoms with E-state index in [1.54, 1.807) is 24.3 Å². The van der Waals surface area contributed by atoms with Crippen LogP contribution in [0, 0.1) is 15.9 Å². The number of nitrogens with zero attached hydrogens (tertiary/aromatic N) is 2. The van der Waals surface area contributed by atoms with E-state index in [1.165, 1.54) is 49.5 Å². The largest absolute Gasteiger partial charge is 0.507 e. The van der Waals surface area contributed by atoms with Crippen LogP contribution in [0.25, 0.3) is 5.76 Å². The van der Waals surface area contributed by atoms with Crippen molar-refractivity contribution in [3.8, 4) is 11.5 Å². The maximum atomic E-state index is 13.4. The van der Waals surface area contributed by atoms with Crippen molar-refractivity contribution in [3.63, 3.8) is 0 Å². The van der Waals surface area contributed by atoms with Crippen LogP contribution in [0.2, 0.25) is 0 Å². The van der Waals surface area contributed by atoms with E-state index in [2.05, 4.69) is 0 Å². The summed E-state index contributed by atoms with van der Waals surface area (Å²) in [5.41, 5.74) is 0.740. The van der Waals surface area contributed by atoms with Gasteiger partial charge in [-0.25, -0.2) is 4.39 Å². The monoisotopic (exact) mass is 506 g/mol. The van der Waals surface area contributed by atoms with E-state index < -0.39 is 34.2 Å². The van der Waals surface area contributed by atoms with Crippen LogP contribution in [0.5, 0.6) is 11.5 Å². The van der Waals surface area contributed by atoms with E-state index in [0.29, 0.717) is 17.9 Å². The average Bonchev–Trinajstić information content (AvgIpc) is 3.16. The zero-order valence-corrected chi connectivity index (χ0v) is 20.0. The van der Waals surface area contributed by atoms with Crippen LogP contribution in [-0.2, 0) is 16.0 Å². The van der Waals surface area contributed by atoms with E-state index in [-0.39, 0.29) is 28.9 Å². The van der Waals surface area contributed by atoms with Crippen LogP contribution < -0.4 is 9.47 Å². The van der Waals surface area contributed by atoms with Crippen molar-refractivity contribution >= 4 is 23.1 Å². The van der Waals surface area contributed by atoms with Gasteiger partial charge in [-0.15, -0.1) is 0 Å². The topological polar surface area (TPSA) is 119 Å². The Balaban J connectivity index is 1.78. The first-order valence-electron chi connectivity index (χ1n) is 11.2. The molecule has 1 saturated heterocycles. The Morgan fingerprint density at radius 2 is 1.73 bits per heavy atom. The smallest absolute Gasteiger partial charge is 0.295 e. The predicted octanol–water partition coefficient (Wildman–Crippen LogP) is 4.42. The molecule has 1 aliphatic heterocycles. The quantitative estimate of drug-likeness (QED) is 0.158. The number of nitro benzene ring substituents is 1. The highest BCUT2D eigenvalue weighted by atomic mass is 19.1. The Morgan fingerprint density at radius 3 is 2.38 bits per heavy atom. The van der Waals surface area contributed by atoms with Crippen LogP contribution in [-0.4, -0.2) is 47.4 Å². The number of Topliss-reactive ketones (excluding diaryl/α,β-unsaturated/α-hetero) is 1. The molecule has 37 heavy (non-hydrogen) atoms. The summed E-state index contributed by atoms with van der Waals surface area (Å²) in [5.74, 6) is -1.81. The Bertz CT molecular complexity index is 1400. The molecular weight excluding hydrogens is 483 g/mol. The lowest BCUT2D eigenvalue weighted by atomic mass is 9.95. The number of benzene rings is 3.